The summed E-state index contributed by atoms with van der Waals surface area (Å²) in [4.78, 5) is 0. The first-order valence-corrected chi connectivity index (χ1v) is 9.08. The van der Waals surface area contributed by atoms with Crippen LogP contribution in [0.15, 0.2) is 18.2 Å². The first-order chi connectivity index (χ1) is 12.0. The lowest BCUT2D eigenvalue weighted by Gasteiger charge is -2.28. The molecular weight excluding hydrogens is 342 g/mol. The summed E-state index contributed by atoms with van der Waals surface area (Å²) in [5.74, 6) is 0.801. The molecule has 1 heterocycles. The van der Waals surface area contributed by atoms with Crippen molar-refractivity contribution < 1.29 is 14.6 Å². The number of hydrogen-bond acceptors (Lipinski definition) is 6. The molecular formula is C18H28ClN3O3. The number of fused-ring (bicyclic) bond motifs is 1. The van der Waals surface area contributed by atoms with Crippen LogP contribution >= 0.6 is 11.6 Å². The summed E-state index contributed by atoms with van der Waals surface area (Å²) in [5, 5.41) is 20.6. The van der Waals surface area contributed by atoms with Crippen LogP contribution in [0.4, 0.5) is 5.69 Å². The van der Waals surface area contributed by atoms with Crippen molar-refractivity contribution >= 4 is 23.0 Å². The number of aliphatic hydroxyl groups is 1. The average Bonchev–Trinajstić information content (AvgIpc) is 2.56. The summed E-state index contributed by atoms with van der Waals surface area (Å²) in [5.41, 5.74) is 1.36. The van der Waals surface area contributed by atoms with Crippen molar-refractivity contribution in [2.45, 2.75) is 33.0 Å². The summed E-state index contributed by atoms with van der Waals surface area (Å²) in [6.45, 7) is 9.47. The summed E-state index contributed by atoms with van der Waals surface area (Å²) < 4.78 is 11.0. The Bertz CT molecular complexity index is 593. The molecule has 0 bridgehead atoms. The average molecular weight is 370 g/mol. The third-order valence-corrected chi connectivity index (χ3v) is 4.06. The summed E-state index contributed by atoms with van der Waals surface area (Å²) >= 11 is 6.48. The van der Waals surface area contributed by atoms with Crippen LogP contribution in [0.5, 0.6) is 5.75 Å². The van der Waals surface area contributed by atoms with Gasteiger partial charge in [-0.25, -0.2) is 0 Å². The van der Waals surface area contributed by atoms with E-state index in [0.29, 0.717) is 41.8 Å². The lowest BCUT2D eigenvalue weighted by Crippen LogP contribution is -2.40. The van der Waals surface area contributed by atoms with Gasteiger partial charge in [0.2, 0.25) is 0 Å². The monoisotopic (exact) mass is 369 g/mol. The van der Waals surface area contributed by atoms with Gasteiger partial charge in [0.25, 0.3) is 0 Å². The van der Waals surface area contributed by atoms with Crippen molar-refractivity contribution in [2.24, 2.45) is 0 Å². The van der Waals surface area contributed by atoms with Gasteiger partial charge in [-0.05, 0) is 39.0 Å². The molecule has 0 saturated carbocycles. The minimum Gasteiger partial charge on any atom is -0.507 e. The van der Waals surface area contributed by atoms with Gasteiger partial charge in [-0.15, -0.1) is 0 Å². The Kier molecular flexibility index (Phi) is 7.84. The Labute approximate surface area is 154 Å². The second-order valence-electron chi connectivity index (χ2n) is 6.09. The molecule has 140 valence electrons. The molecule has 0 aliphatic carbocycles. The Hall–Kier alpha value is -1.47. The van der Waals surface area contributed by atoms with Gasteiger partial charge in [0, 0.05) is 31.3 Å². The van der Waals surface area contributed by atoms with Gasteiger partial charge in [-0.2, -0.15) is 0 Å². The van der Waals surface area contributed by atoms with E-state index in [1.54, 1.807) is 12.1 Å². The van der Waals surface area contributed by atoms with E-state index in [1.165, 1.54) is 0 Å². The summed E-state index contributed by atoms with van der Waals surface area (Å²) in [7, 11) is 0. The van der Waals surface area contributed by atoms with Gasteiger partial charge in [0.05, 0.1) is 12.3 Å². The molecule has 6 nitrogen and oxygen atoms in total. The molecule has 25 heavy (non-hydrogen) atoms. The summed E-state index contributed by atoms with van der Waals surface area (Å²) in [6, 6.07) is 3.86. The molecule has 1 unspecified atom stereocenters. The smallest absolute Gasteiger partial charge is 0.140 e. The van der Waals surface area contributed by atoms with E-state index in [4.69, 9.17) is 21.1 Å². The molecule has 7 heteroatoms. The molecule has 1 aliphatic rings. The minimum absolute atomic E-state index is 0.180. The zero-order chi connectivity index (χ0) is 18.2. The number of anilines is 1. The van der Waals surface area contributed by atoms with Crippen molar-refractivity contribution in [3.05, 3.63) is 28.8 Å². The van der Waals surface area contributed by atoms with Gasteiger partial charge >= 0.3 is 0 Å². The van der Waals surface area contributed by atoms with Crippen LogP contribution in [0.1, 0.15) is 26.3 Å². The third-order valence-electron chi connectivity index (χ3n) is 3.68. The van der Waals surface area contributed by atoms with Gasteiger partial charge in [-0.3, -0.25) is 5.32 Å². The van der Waals surface area contributed by atoms with Crippen LogP contribution in [0, 0.1) is 0 Å². The quantitative estimate of drug-likeness (QED) is 0.475. The molecule has 4 N–H and O–H groups in total. The van der Waals surface area contributed by atoms with Crippen LogP contribution in [0.25, 0.3) is 5.76 Å². The number of halogens is 1. The third kappa shape index (κ3) is 5.78. The molecule has 0 radical (unpaired) electrons. The zero-order valence-electron chi connectivity index (χ0n) is 15.1. The highest BCUT2D eigenvalue weighted by Gasteiger charge is 2.23. The van der Waals surface area contributed by atoms with Crippen LogP contribution in [0.3, 0.4) is 0 Å². The molecule has 0 fully saturated rings. The maximum atomic E-state index is 10.2. The van der Waals surface area contributed by atoms with E-state index in [2.05, 4.69) is 16.0 Å². The van der Waals surface area contributed by atoms with E-state index in [1.807, 2.05) is 26.8 Å². The molecule has 0 spiro atoms. The fourth-order valence-corrected chi connectivity index (χ4v) is 2.84. The van der Waals surface area contributed by atoms with Gasteiger partial charge in [-0.1, -0.05) is 11.6 Å². The van der Waals surface area contributed by atoms with Crippen molar-refractivity contribution in [3.63, 3.8) is 0 Å². The molecule has 0 aromatic heterocycles. The second kappa shape index (κ2) is 9.87. The number of rotatable bonds is 10. The maximum Gasteiger partial charge on any atom is 0.140 e. The van der Waals surface area contributed by atoms with Crippen LogP contribution < -0.4 is 20.7 Å². The Morgan fingerprint density at radius 3 is 2.76 bits per heavy atom. The Morgan fingerprint density at radius 1 is 1.28 bits per heavy atom. The Balaban J connectivity index is 1.94. The van der Waals surface area contributed by atoms with Crippen molar-refractivity contribution in [1.82, 2.24) is 10.6 Å². The first-order valence-electron chi connectivity index (χ1n) is 8.70. The van der Waals surface area contributed by atoms with E-state index in [-0.39, 0.29) is 18.0 Å². The Morgan fingerprint density at radius 2 is 2.04 bits per heavy atom. The van der Waals surface area contributed by atoms with Crippen molar-refractivity contribution in [3.8, 4) is 5.75 Å². The van der Waals surface area contributed by atoms with E-state index < -0.39 is 0 Å². The van der Waals surface area contributed by atoms with E-state index in [9.17, 15) is 5.11 Å². The fourth-order valence-electron chi connectivity index (χ4n) is 2.56. The van der Waals surface area contributed by atoms with Crippen LogP contribution in [-0.2, 0) is 4.74 Å². The van der Waals surface area contributed by atoms with Gasteiger partial charge < -0.3 is 25.2 Å². The molecule has 0 amide bonds. The van der Waals surface area contributed by atoms with Crippen molar-refractivity contribution in [2.75, 3.05) is 38.2 Å². The lowest BCUT2D eigenvalue weighted by atomic mass is 10.1. The molecule has 2 rings (SSSR count). The molecule has 1 aromatic rings. The van der Waals surface area contributed by atoms with E-state index >= 15 is 0 Å². The molecule has 1 atom stereocenters. The highest BCUT2D eigenvalue weighted by molar-refractivity contribution is 6.35. The molecule has 1 aromatic carbocycles. The number of nitrogens with one attached hydrogen (secondary N) is 3. The first kappa shape index (κ1) is 19.8. The van der Waals surface area contributed by atoms with E-state index in [0.717, 1.165) is 13.2 Å². The predicted molar refractivity (Wildman–Crippen MR) is 103 cm³/mol. The lowest BCUT2D eigenvalue weighted by molar-refractivity contribution is 0.148. The summed E-state index contributed by atoms with van der Waals surface area (Å²) in [6.07, 6.45) is 1.56. The largest absolute Gasteiger partial charge is 0.507 e. The van der Waals surface area contributed by atoms with Gasteiger partial charge in [0.1, 0.15) is 29.3 Å². The highest BCUT2D eigenvalue weighted by Crippen LogP contribution is 2.39. The number of aliphatic hydroxyl groups excluding tert-OH is 1. The van der Waals surface area contributed by atoms with Gasteiger partial charge in [0.15, 0.2) is 0 Å². The number of ether oxygens (including phenoxy) is 2. The topological polar surface area (TPSA) is 74.8 Å². The predicted octanol–water partition coefficient (Wildman–Crippen LogP) is 2.99. The number of hydrogen-bond donors (Lipinski definition) is 4. The minimum atomic E-state index is -0.180. The highest BCUT2D eigenvalue weighted by atomic mass is 35.5. The SMILES string of the molecule is CCOCCNCCOc1ccc2c(c1Cl)NC(NC(C)C)C=C2O. The molecule has 0 saturated heterocycles. The molecule has 1 aliphatic heterocycles. The second-order valence-corrected chi connectivity index (χ2v) is 6.47. The number of benzene rings is 1. The van der Waals surface area contributed by atoms with Crippen LogP contribution in [-0.4, -0.2) is 50.2 Å². The fraction of sp³-hybridized carbons (Fsp3) is 0.556. The maximum absolute atomic E-state index is 10.2. The zero-order valence-corrected chi connectivity index (χ0v) is 15.8. The van der Waals surface area contributed by atoms with Crippen LogP contribution in [0.2, 0.25) is 5.02 Å². The van der Waals surface area contributed by atoms with Crippen molar-refractivity contribution in [1.29, 1.82) is 0 Å². The normalized spacial score (nSPS) is 16.4. The standard InChI is InChI=1S/C18H28ClN3O3/c1-4-24-9-7-20-8-10-25-15-6-5-13-14(23)11-16(21-12(2)3)22-18(13)17(15)19/h5-6,11-12,16,20-23H,4,7-10H2,1-3H3.